The zero-order valence-corrected chi connectivity index (χ0v) is 9.20. The molecule has 2 heterocycles. The number of pyridine rings is 1. The fraction of sp³-hybridized carbons (Fsp3) is 0.364. The Labute approximate surface area is 94.9 Å². The molecule has 0 amide bonds. The number of hydrogen-bond donors (Lipinski definition) is 1. The summed E-state index contributed by atoms with van der Waals surface area (Å²) in [5, 5.41) is 2.58. The van der Waals surface area contributed by atoms with Gasteiger partial charge >= 0.3 is 0 Å². The van der Waals surface area contributed by atoms with E-state index >= 15 is 0 Å². The number of anilines is 1. The lowest BCUT2D eigenvalue weighted by molar-refractivity contribution is 0.122. The van der Waals surface area contributed by atoms with Crippen LogP contribution in [0.2, 0.25) is 0 Å². The predicted octanol–water partition coefficient (Wildman–Crippen LogP) is 1.16. The van der Waals surface area contributed by atoms with Crippen LogP contribution in [0.5, 0.6) is 0 Å². The van der Waals surface area contributed by atoms with Crippen molar-refractivity contribution in [2.24, 2.45) is 0 Å². The lowest BCUT2D eigenvalue weighted by Gasteiger charge is -2.28. The normalized spacial score (nSPS) is 15.7. The molecule has 1 aromatic rings. The van der Waals surface area contributed by atoms with Crippen molar-refractivity contribution >= 4 is 18.3 Å². The van der Waals surface area contributed by atoms with E-state index in [0.717, 1.165) is 37.6 Å². The second-order valence-electron chi connectivity index (χ2n) is 3.27. The molecule has 0 atom stereocenters. The van der Waals surface area contributed by atoms with Crippen LogP contribution < -0.4 is 4.90 Å². The monoisotopic (exact) mass is 220 g/mol. The van der Waals surface area contributed by atoms with E-state index in [1.807, 2.05) is 12.3 Å². The van der Waals surface area contributed by atoms with E-state index in [-0.39, 0.29) is 0 Å². The van der Waals surface area contributed by atoms with Crippen LogP contribution in [-0.2, 0) is 4.74 Å². The van der Waals surface area contributed by atoms with Gasteiger partial charge in [0.25, 0.3) is 0 Å². The molecule has 2 rings (SSSR count). The van der Waals surface area contributed by atoms with E-state index in [4.69, 9.17) is 4.74 Å². The van der Waals surface area contributed by atoms with Gasteiger partial charge in [-0.05, 0) is 11.3 Å². The van der Waals surface area contributed by atoms with Crippen LogP contribution in [-0.4, -0.2) is 31.3 Å². The molecule has 1 aliphatic rings. The molecule has 1 fully saturated rings. The van der Waals surface area contributed by atoms with Crippen molar-refractivity contribution in [3.63, 3.8) is 0 Å². The molecule has 78 valence electrons. The van der Waals surface area contributed by atoms with E-state index in [1.54, 1.807) is 6.20 Å². The van der Waals surface area contributed by atoms with Gasteiger partial charge in [0, 0.05) is 24.8 Å². The second-order valence-corrected chi connectivity index (χ2v) is 3.49. The first-order valence-electron chi connectivity index (χ1n) is 4.83. The number of hydrogen-bond acceptors (Lipinski definition) is 4. The van der Waals surface area contributed by atoms with Gasteiger partial charge in [-0.1, -0.05) is 18.5 Å². The SMILES string of the molecule is SC#Cc1cncc(N2CCOCC2)c1. The molecular formula is C11H12N2OS. The third-order valence-corrected chi connectivity index (χ3v) is 2.41. The van der Waals surface area contributed by atoms with Gasteiger partial charge in [0.1, 0.15) is 0 Å². The van der Waals surface area contributed by atoms with Gasteiger partial charge in [0.2, 0.25) is 0 Å². The Kier molecular flexibility index (Phi) is 3.49. The Bertz CT molecular complexity index is 391. The summed E-state index contributed by atoms with van der Waals surface area (Å²) < 4.78 is 5.30. The van der Waals surface area contributed by atoms with E-state index in [2.05, 4.69) is 33.7 Å². The molecule has 0 radical (unpaired) electrons. The summed E-state index contributed by atoms with van der Waals surface area (Å²) in [6, 6.07) is 2.03. The molecule has 15 heavy (non-hydrogen) atoms. The van der Waals surface area contributed by atoms with E-state index in [1.165, 1.54) is 0 Å². The van der Waals surface area contributed by atoms with Crippen molar-refractivity contribution in [1.82, 2.24) is 4.98 Å². The molecule has 0 bridgehead atoms. The maximum Gasteiger partial charge on any atom is 0.0642 e. The zero-order valence-electron chi connectivity index (χ0n) is 8.31. The highest BCUT2D eigenvalue weighted by Crippen LogP contribution is 2.15. The molecule has 0 N–H and O–H groups in total. The van der Waals surface area contributed by atoms with E-state index < -0.39 is 0 Å². The molecule has 1 aromatic heterocycles. The highest BCUT2D eigenvalue weighted by atomic mass is 32.1. The van der Waals surface area contributed by atoms with E-state index in [0.29, 0.717) is 0 Å². The molecule has 1 aliphatic heterocycles. The Hall–Kier alpha value is -1.18. The van der Waals surface area contributed by atoms with Gasteiger partial charge in [-0.3, -0.25) is 4.98 Å². The summed E-state index contributed by atoms with van der Waals surface area (Å²) in [4.78, 5) is 6.41. The van der Waals surface area contributed by atoms with Crippen LogP contribution in [0.3, 0.4) is 0 Å². The molecule has 1 saturated heterocycles. The Morgan fingerprint density at radius 3 is 2.87 bits per heavy atom. The van der Waals surface area contributed by atoms with Crippen LogP contribution >= 0.6 is 12.6 Å². The summed E-state index contributed by atoms with van der Waals surface area (Å²) in [6.07, 6.45) is 3.60. The van der Waals surface area contributed by atoms with Crippen molar-refractivity contribution < 1.29 is 4.74 Å². The lowest BCUT2D eigenvalue weighted by Crippen LogP contribution is -2.36. The van der Waals surface area contributed by atoms with E-state index in [9.17, 15) is 0 Å². The second kappa shape index (κ2) is 5.06. The Morgan fingerprint density at radius 1 is 1.33 bits per heavy atom. The Balaban J connectivity index is 2.18. The average Bonchev–Trinajstić information content (AvgIpc) is 2.31. The van der Waals surface area contributed by atoms with Crippen molar-refractivity contribution in [2.45, 2.75) is 0 Å². The molecule has 4 heteroatoms. The summed E-state index contributed by atoms with van der Waals surface area (Å²) >= 11 is 3.87. The summed E-state index contributed by atoms with van der Waals surface area (Å²) in [5.41, 5.74) is 2.00. The van der Waals surface area contributed by atoms with Crippen LogP contribution in [0.15, 0.2) is 18.5 Å². The molecule has 3 nitrogen and oxygen atoms in total. The first-order chi connectivity index (χ1) is 7.40. The minimum atomic E-state index is 0.780. The molecule has 0 aliphatic carbocycles. The topological polar surface area (TPSA) is 25.4 Å². The highest BCUT2D eigenvalue weighted by Gasteiger charge is 2.11. The summed E-state index contributed by atoms with van der Waals surface area (Å²) in [7, 11) is 0. The van der Waals surface area contributed by atoms with Gasteiger partial charge < -0.3 is 9.64 Å². The Morgan fingerprint density at radius 2 is 2.13 bits per heavy atom. The summed E-state index contributed by atoms with van der Waals surface area (Å²) in [5.74, 6) is 2.88. The quantitative estimate of drug-likeness (QED) is 0.568. The maximum atomic E-state index is 5.30. The third kappa shape index (κ3) is 2.65. The lowest BCUT2D eigenvalue weighted by atomic mass is 10.2. The fourth-order valence-corrected chi connectivity index (χ4v) is 1.68. The van der Waals surface area contributed by atoms with Crippen molar-refractivity contribution in [2.75, 3.05) is 31.2 Å². The third-order valence-electron chi connectivity index (χ3n) is 2.30. The molecule has 0 saturated carbocycles. The van der Waals surface area contributed by atoms with Crippen molar-refractivity contribution in [3.05, 3.63) is 24.0 Å². The minimum Gasteiger partial charge on any atom is -0.378 e. The largest absolute Gasteiger partial charge is 0.378 e. The summed E-state index contributed by atoms with van der Waals surface area (Å²) in [6.45, 7) is 3.39. The number of thiol groups is 1. The van der Waals surface area contributed by atoms with Crippen LogP contribution in [0.25, 0.3) is 0 Å². The fourth-order valence-electron chi connectivity index (χ4n) is 1.56. The van der Waals surface area contributed by atoms with Crippen LogP contribution in [0, 0.1) is 11.2 Å². The predicted molar refractivity (Wildman–Crippen MR) is 63.1 cm³/mol. The first kappa shape index (κ1) is 10.3. The van der Waals surface area contributed by atoms with Crippen molar-refractivity contribution in [1.29, 1.82) is 0 Å². The number of aromatic nitrogens is 1. The van der Waals surface area contributed by atoms with Gasteiger partial charge in [0.15, 0.2) is 0 Å². The van der Waals surface area contributed by atoms with Crippen molar-refractivity contribution in [3.8, 4) is 11.2 Å². The minimum absolute atomic E-state index is 0.780. The molecule has 0 unspecified atom stereocenters. The van der Waals surface area contributed by atoms with Gasteiger partial charge in [-0.2, -0.15) is 0 Å². The molecule has 0 aromatic carbocycles. The number of ether oxygens (including phenoxy) is 1. The average molecular weight is 220 g/mol. The smallest absolute Gasteiger partial charge is 0.0642 e. The van der Waals surface area contributed by atoms with Crippen LogP contribution in [0.1, 0.15) is 5.56 Å². The van der Waals surface area contributed by atoms with Gasteiger partial charge in [0.05, 0.1) is 25.1 Å². The molecule has 0 spiro atoms. The highest BCUT2D eigenvalue weighted by molar-refractivity contribution is 7.85. The first-order valence-corrected chi connectivity index (χ1v) is 5.28. The number of morpholine rings is 1. The zero-order chi connectivity index (χ0) is 10.5. The van der Waals surface area contributed by atoms with Gasteiger partial charge in [-0.15, -0.1) is 0 Å². The maximum absolute atomic E-state index is 5.30. The standard InChI is InChI=1S/C11H12N2OS/c15-6-1-10-7-11(9-12-8-10)13-2-4-14-5-3-13/h7-9,15H,2-5H2. The number of nitrogens with zero attached hydrogens (tertiary/aromatic N) is 2. The number of rotatable bonds is 1. The molecular weight excluding hydrogens is 208 g/mol. The van der Waals surface area contributed by atoms with Gasteiger partial charge in [-0.25, -0.2) is 0 Å². The van der Waals surface area contributed by atoms with Crippen LogP contribution in [0.4, 0.5) is 5.69 Å².